The molecule has 0 amide bonds. The van der Waals surface area contributed by atoms with Crippen LogP contribution in [0.3, 0.4) is 0 Å². The summed E-state index contributed by atoms with van der Waals surface area (Å²) >= 11 is 0. The molecule has 0 bridgehead atoms. The largest absolute Gasteiger partial charge is 0.545 e. The molecule has 0 aromatic heterocycles. The Morgan fingerprint density at radius 3 is 1.86 bits per heavy atom. The molecule has 0 aliphatic rings. The Balaban J connectivity index is 0. The van der Waals surface area contributed by atoms with E-state index in [-0.39, 0.29) is 27.3 Å². The molecule has 0 saturated carbocycles. The normalized spacial score (nSPS) is 6.43. The van der Waals surface area contributed by atoms with Gasteiger partial charge in [0.05, 0.1) is 5.97 Å². The minimum atomic E-state index is -1.19. The van der Waals surface area contributed by atoms with Crippen molar-refractivity contribution < 1.29 is 31.6 Å². The van der Waals surface area contributed by atoms with E-state index in [0.29, 0.717) is 0 Å². The van der Waals surface area contributed by atoms with Crippen LogP contribution in [0.4, 0.5) is 0 Å². The Kier molecular flexibility index (Phi) is 5.86. The number of rotatable bonds is 1. The molecule has 0 N–H and O–H groups in total. The first-order valence-corrected chi connectivity index (χ1v) is 1.51. The smallest absolute Gasteiger partial charge is 0.0666 e. The zero-order chi connectivity index (χ0) is 5.15. The molecule has 0 fully saturated rings. The van der Waals surface area contributed by atoms with E-state index in [1.165, 1.54) is 6.92 Å². The molecule has 0 saturated heterocycles. The predicted octanol–water partition coefficient (Wildman–Crippen LogP) is -0.690. The molecule has 0 unspecified atom stereocenters. The number of carbonyl (C=O) groups excluding carboxylic acids is 1. The van der Waals surface area contributed by atoms with Crippen molar-refractivity contribution in [1.29, 1.82) is 0 Å². The predicted molar refractivity (Wildman–Crippen MR) is 19.8 cm³/mol. The van der Waals surface area contributed by atoms with Crippen LogP contribution in [0.1, 0.15) is 6.92 Å². The molecular formula is C4H5O2Ti-. The fourth-order valence-corrected chi connectivity index (χ4v) is 0. The van der Waals surface area contributed by atoms with E-state index in [0.717, 1.165) is 0 Å². The van der Waals surface area contributed by atoms with E-state index in [1.54, 1.807) is 0 Å². The monoisotopic (exact) mass is 133 g/mol. The second-order valence-electron chi connectivity index (χ2n) is 1.07. The van der Waals surface area contributed by atoms with Crippen LogP contribution in [0.5, 0.6) is 0 Å². The first kappa shape index (κ1) is 10.0. The Morgan fingerprint density at radius 1 is 1.71 bits per heavy atom. The summed E-state index contributed by atoms with van der Waals surface area (Å²) in [6.45, 7) is 4.48. The second kappa shape index (κ2) is 4.09. The minimum absolute atomic E-state index is 0. The summed E-state index contributed by atoms with van der Waals surface area (Å²) in [7, 11) is 0. The fourth-order valence-electron chi connectivity index (χ4n) is 0. The van der Waals surface area contributed by atoms with Gasteiger partial charge in [-0.1, -0.05) is 6.58 Å². The Hall–Kier alpha value is -0.0757. The molecule has 0 heterocycles. The topological polar surface area (TPSA) is 40.1 Å². The number of carboxylic acid groups (broad SMARTS) is 1. The zero-order valence-corrected chi connectivity index (χ0v) is 5.59. The van der Waals surface area contributed by atoms with Crippen molar-refractivity contribution in [3.63, 3.8) is 0 Å². The van der Waals surface area contributed by atoms with Crippen molar-refractivity contribution >= 4 is 5.97 Å². The van der Waals surface area contributed by atoms with Gasteiger partial charge in [0.15, 0.2) is 0 Å². The summed E-state index contributed by atoms with van der Waals surface area (Å²) in [6.07, 6.45) is 0. The summed E-state index contributed by atoms with van der Waals surface area (Å²) in [5, 5.41) is 9.49. The molecule has 0 aromatic carbocycles. The Bertz CT molecular complexity index is 75.7. The van der Waals surface area contributed by atoms with Gasteiger partial charge in [-0.15, -0.1) is 0 Å². The van der Waals surface area contributed by atoms with Crippen LogP contribution in [0.2, 0.25) is 0 Å². The van der Waals surface area contributed by atoms with Crippen LogP contribution >= 0.6 is 0 Å². The number of carboxylic acids is 1. The molecule has 0 rings (SSSR count). The maximum Gasteiger partial charge on any atom is 0.0666 e. The van der Waals surface area contributed by atoms with Gasteiger partial charge in [0.1, 0.15) is 0 Å². The third kappa shape index (κ3) is 5.92. The summed E-state index contributed by atoms with van der Waals surface area (Å²) in [4.78, 5) is 9.49. The van der Waals surface area contributed by atoms with Crippen molar-refractivity contribution in [2.75, 3.05) is 0 Å². The van der Waals surface area contributed by atoms with E-state index in [1.807, 2.05) is 0 Å². The average Bonchev–Trinajstić information content (AvgIpc) is 1.36. The van der Waals surface area contributed by atoms with Gasteiger partial charge in [-0.2, -0.15) is 0 Å². The zero-order valence-electron chi connectivity index (χ0n) is 4.02. The van der Waals surface area contributed by atoms with Gasteiger partial charge < -0.3 is 9.90 Å². The first-order chi connectivity index (χ1) is 2.64. The molecule has 3 heteroatoms. The van der Waals surface area contributed by atoms with Gasteiger partial charge in [0.2, 0.25) is 0 Å². The van der Waals surface area contributed by atoms with Gasteiger partial charge in [0.25, 0.3) is 0 Å². The van der Waals surface area contributed by atoms with E-state index in [4.69, 9.17) is 0 Å². The average molecular weight is 133 g/mol. The van der Waals surface area contributed by atoms with Crippen LogP contribution in [-0.4, -0.2) is 5.97 Å². The van der Waals surface area contributed by atoms with E-state index < -0.39 is 5.97 Å². The van der Waals surface area contributed by atoms with Crippen LogP contribution in [-0.2, 0) is 26.5 Å². The van der Waals surface area contributed by atoms with E-state index in [9.17, 15) is 9.90 Å². The fraction of sp³-hybridized carbons (Fsp3) is 0.250. The summed E-state index contributed by atoms with van der Waals surface area (Å²) in [5.74, 6) is -1.19. The van der Waals surface area contributed by atoms with E-state index in [2.05, 4.69) is 6.58 Å². The number of aliphatic carboxylic acids is 1. The maximum absolute atomic E-state index is 9.49. The van der Waals surface area contributed by atoms with Crippen LogP contribution < -0.4 is 5.11 Å². The van der Waals surface area contributed by atoms with Crippen molar-refractivity contribution in [3.8, 4) is 0 Å². The van der Waals surface area contributed by atoms with Crippen LogP contribution in [0, 0.1) is 0 Å². The first-order valence-electron chi connectivity index (χ1n) is 1.51. The van der Waals surface area contributed by atoms with Crippen molar-refractivity contribution in [2.45, 2.75) is 6.92 Å². The molecule has 7 heavy (non-hydrogen) atoms. The third-order valence-corrected chi connectivity index (χ3v) is 0.348. The van der Waals surface area contributed by atoms with E-state index >= 15 is 0 Å². The number of hydrogen-bond donors (Lipinski definition) is 0. The van der Waals surface area contributed by atoms with Gasteiger partial charge in [-0.05, 0) is 12.5 Å². The van der Waals surface area contributed by atoms with Crippen molar-refractivity contribution in [2.24, 2.45) is 0 Å². The molecule has 0 atom stereocenters. The van der Waals surface area contributed by atoms with Gasteiger partial charge >= 0.3 is 0 Å². The van der Waals surface area contributed by atoms with Gasteiger partial charge in [0, 0.05) is 21.7 Å². The quantitative estimate of drug-likeness (QED) is 0.350. The summed E-state index contributed by atoms with van der Waals surface area (Å²) < 4.78 is 0. The Labute approximate surface area is 57.1 Å². The molecular weight excluding hydrogens is 128 g/mol. The molecule has 0 aliphatic carbocycles. The van der Waals surface area contributed by atoms with Crippen molar-refractivity contribution in [3.05, 3.63) is 12.2 Å². The summed E-state index contributed by atoms with van der Waals surface area (Å²) in [5.41, 5.74) is 0.0648. The van der Waals surface area contributed by atoms with Crippen molar-refractivity contribution in [1.82, 2.24) is 0 Å². The SMILES string of the molecule is C=C(C)C(=O)[O-].[Ti]. The molecule has 2 nitrogen and oxygen atoms in total. The van der Waals surface area contributed by atoms with Crippen LogP contribution in [0.25, 0.3) is 0 Å². The number of hydrogen-bond acceptors (Lipinski definition) is 2. The molecule has 38 valence electrons. The maximum atomic E-state index is 9.49. The van der Waals surface area contributed by atoms with Gasteiger partial charge in [-0.3, -0.25) is 0 Å². The minimum Gasteiger partial charge on any atom is -0.545 e. The second-order valence-corrected chi connectivity index (χ2v) is 1.07. The van der Waals surface area contributed by atoms with Gasteiger partial charge in [-0.25, -0.2) is 0 Å². The molecule has 0 aromatic rings. The molecule has 0 radical (unpaired) electrons. The standard InChI is InChI=1S/C4H6O2.Ti/c1-3(2)4(5)6;/h1H2,2H3,(H,5,6);/p-1. The molecule has 0 spiro atoms. The molecule has 0 aliphatic heterocycles. The third-order valence-electron chi connectivity index (χ3n) is 0.348. The Morgan fingerprint density at radius 2 is 1.86 bits per heavy atom. The number of carbonyl (C=O) groups is 1. The summed E-state index contributed by atoms with van der Waals surface area (Å²) in [6, 6.07) is 0. The van der Waals surface area contributed by atoms with Crippen LogP contribution in [0.15, 0.2) is 12.2 Å².